The number of Topliss-reactive ketones (excluding diaryl/α,β-unsaturated/α-hetero) is 1. The van der Waals surface area contributed by atoms with Gasteiger partial charge in [0.25, 0.3) is 11.7 Å². The Morgan fingerprint density at radius 2 is 1.85 bits per heavy atom. The zero-order valence-electron chi connectivity index (χ0n) is 15.0. The summed E-state index contributed by atoms with van der Waals surface area (Å²) in [6.07, 6.45) is 0.655. The lowest BCUT2D eigenvalue weighted by atomic mass is 9.95. The van der Waals surface area contributed by atoms with Gasteiger partial charge in [0, 0.05) is 16.6 Å². The average molecular weight is 432 g/mol. The van der Waals surface area contributed by atoms with Crippen LogP contribution in [0.15, 0.2) is 52.5 Å². The second-order valence-corrected chi connectivity index (χ2v) is 7.36. The molecule has 3 rings (SSSR count). The largest absolute Gasteiger partial charge is 0.507 e. The smallest absolute Gasteiger partial charge is 0.295 e. The van der Waals surface area contributed by atoms with Gasteiger partial charge in [0.15, 0.2) is 0 Å². The second kappa shape index (κ2) is 7.64. The summed E-state index contributed by atoms with van der Waals surface area (Å²) in [7, 11) is 0. The van der Waals surface area contributed by atoms with Crippen molar-refractivity contribution in [3.8, 4) is 0 Å². The number of aryl methyl sites for hydroxylation is 1. The number of aliphatic hydroxyl groups is 1. The van der Waals surface area contributed by atoms with Gasteiger partial charge < -0.3 is 10.0 Å². The Kier molecular flexibility index (Phi) is 5.46. The molecule has 140 valence electrons. The molecule has 1 heterocycles. The number of amides is 1. The lowest BCUT2D eigenvalue weighted by Gasteiger charge is -2.24. The molecule has 0 radical (unpaired) electrons. The van der Waals surface area contributed by atoms with Gasteiger partial charge in [0.1, 0.15) is 11.6 Å². The minimum absolute atomic E-state index is 0.0294. The van der Waals surface area contributed by atoms with Gasteiger partial charge in [0.05, 0.1) is 11.6 Å². The highest BCUT2D eigenvalue weighted by molar-refractivity contribution is 9.10. The third kappa shape index (κ3) is 3.54. The van der Waals surface area contributed by atoms with Crippen molar-refractivity contribution in [2.45, 2.75) is 26.3 Å². The van der Waals surface area contributed by atoms with Crippen molar-refractivity contribution < 1.29 is 19.1 Å². The molecule has 1 N–H and O–H groups in total. The summed E-state index contributed by atoms with van der Waals surface area (Å²) in [6.45, 7) is 4.13. The third-order valence-electron chi connectivity index (χ3n) is 4.62. The van der Waals surface area contributed by atoms with Gasteiger partial charge in [0.2, 0.25) is 0 Å². The Hall–Kier alpha value is -2.47. The van der Waals surface area contributed by atoms with Gasteiger partial charge in [-0.1, -0.05) is 41.1 Å². The van der Waals surface area contributed by atoms with E-state index in [4.69, 9.17) is 0 Å². The van der Waals surface area contributed by atoms with Gasteiger partial charge in [-0.25, -0.2) is 4.39 Å². The minimum atomic E-state index is -0.741. The maximum absolute atomic E-state index is 13.4. The number of aliphatic hydroxyl groups excluding tert-OH is 1. The van der Waals surface area contributed by atoms with Gasteiger partial charge in [-0.3, -0.25) is 9.59 Å². The van der Waals surface area contributed by atoms with Crippen molar-refractivity contribution in [2.75, 3.05) is 6.54 Å². The first kappa shape index (κ1) is 19.3. The summed E-state index contributed by atoms with van der Waals surface area (Å²) in [6, 6.07) is 10.1. The van der Waals surface area contributed by atoms with Crippen molar-refractivity contribution >= 4 is 33.4 Å². The normalized spacial score (nSPS) is 19.0. The second-order valence-electron chi connectivity index (χ2n) is 6.51. The minimum Gasteiger partial charge on any atom is -0.507 e. The topological polar surface area (TPSA) is 57.6 Å². The van der Waals surface area contributed by atoms with E-state index in [0.717, 1.165) is 10.0 Å². The number of benzene rings is 2. The molecule has 0 aliphatic carbocycles. The Labute approximate surface area is 165 Å². The molecule has 1 unspecified atom stereocenters. The fraction of sp³-hybridized carbons (Fsp3) is 0.238. The molecule has 1 fully saturated rings. The first-order valence-corrected chi connectivity index (χ1v) is 9.44. The summed E-state index contributed by atoms with van der Waals surface area (Å²) >= 11 is 3.41. The quantitative estimate of drug-likeness (QED) is 0.432. The van der Waals surface area contributed by atoms with Crippen LogP contribution in [0.4, 0.5) is 4.39 Å². The molecule has 2 aromatic rings. The zero-order chi connectivity index (χ0) is 19.7. The molecular weight excluding hydrogens is 413 g/mol. The van der Waals surface area contributed by atoms with Crippen LogP contribution in [0.5, 0.6) is 0 Å². The lowest BCUT2D eigenvalue weighted by Crippen LogP contribution is -2.30. The molecule has 1 aliphatic rings. The first-order chi connectivity index (χ1) is 12.8. The van der Waals surface area contributed by atoms with Crippen LogP contribution in [-0.4, -0.2) is 28.2 Å². The number of carbonyl (C=O) groups is 2. The number of ketones is 1. The van der Waals surface area contributed by atoms with Crippen LogP contribution in [0.1, 0.15) is 36.1 Å². The third-order valence-corrected chi connectivity index (χ3v) is 5.51. The van der Waals surface area contributed by atoms with Gasteiger partial charge in [-0.15, -0.1) is 0 Å². The Morgan fingerprint density at radius 3 is 2.44 bits per heavy atom. The van der Waals surface area contributed by atoms with E-state index < -0.39 is 23.5 Å². The summed E-state index contributed by atoms with van der Waals surface area (Å²) in [4.78, 5) is 26.7. The van der Waals surface area contributed by atoms with Crippen LogP contribution in [-0.2, 0) is 9.59 Å². The van der Waals surface area contributed by atoms with E-state index in [2.05, 4.69) is 15.9 Å². The molecule has 1 amide bonds. The van der Waals surface area contributed by atoms with Crippen LogP contribution in [0.3, 0.4) is 0 Å². The maximum atomic E-state index is 13.4. The molecule has 0 aromatic heterocycles. The SMILES string of the molecule is CCCN1C(=O)C(=O)/C(=C(\O)c2ccc(Br)c(C)c2)C1c1ccc(F)cc1. The van der Waals surface area contributed by atoms with Gasteiger partial charge in [-0.05, 0) is 48.7 Å². The monoisotopic (exact) mass is 431 g/mol. The molecule has 27 heavy (non-hydrogen) atoms. The molecule has 4 nitrogen and oxygen atoms in total. The molecule has 1 atom stereocenters. The van der Waals surface area contributed by atoms with Crippen molar-refractivity contribution in [3.63, 3.8) is 0 Å². The van der Waals surface area contributed by atoms with Crippen molar-refractivity contribution in [1.29, 1.82) is 0 Å². The average Bonchev–Trinajstić information content (AvgIpc) is 2.89. The zero-order valence-corrected chi connectivity index (χ0v) is 16.6. The molecular formula is C21H19BrFNO3. The highest BCUT2D eigenvalue weighted by Gasteiger charge is 2.45. The molecule has 1 aliphatic heterocycles. The number of halogens is 2. The highest BCUT2D eigenvalue weighted by Crippen LogP contribution is 2.39. The Morgan fingerprint density at radius 1 is 1.19 bits per heavy atom. The van der Waals surface area contributed by atoms with E-state index in [1.165, 1.54) is 29.2 Å². The fourth-order valence-electron chi connectivity index (χ4n) is 3.29. The summed E-state index contributed by atoms with van der Waals surface area (Å²) in [5.41, 5.74) is 1.96. The predicted molar refractivity (Wildman–Crippen MR) is 105 cm³/mol. The number of carbonyl (C=O) groups excluding carboxylic acids is 2. The molecule has 2 aromatic carbocycles. The van der Waals surface area contributed by atoms with Crippen LogP contribution in [0.25, 0.3) is 5.76 Å². The predicted octanol–water partition coefficient (Wildman–Crippen LogP) is 4.73. The molecule has 1 saturated heterocycles. The number of rotatable bonds is 4. The highest BCUT2D eigenvalue weighted by atomic mass is 79.9. The number of likely N-dealkylation sites (tertiary alicyclic amines) is 1. The van der Waals surface area contributed by atoms with E-state index >= 15 is 0 Å². The summed E-state index contributed by atoms with van der Waals surface area (Å²) in [5, 5.41) is 10.9. The molecule has 0 saturated carbocycles. The van der Waals surface area contributed by atoms with Gasteiger partial charge >= 0.3 is 0 Å². The Balaban J connectivity index is 2.19. The van der Waals surface area contributed by atoms with Crippen LogP contribution < -0.4 is 0 Å². The number of hydrogen-bond acceptors (Lipinski definition) is 3. The maximum Gasteiger partial charge on any atom is 0.295 e. The van der Waals surface area contributed by atoms with E-state index in [1.807, 2.05) is 13.8 Å². The first-order valence-electron chi connectivity index (χ1n) is 8.65. The lowest BCUT2D eigenvalue weighted by molar-refractivity contribution is -0.139. The number of hydrogen-bond donors (Lipinski definition) is 1. The van der Waals surface area contributed by atoms with E-state index in [-0.39, 0.29) is 11.3 Å². The van der Waals surface area contributed by atoms with Crippen molar-refractivity contribution in [2.24, 2.45) is 0 Å². The van der Waals surface area contributed by atoms with Crippen molar-refractivity contribution in [3.05, 3.63) is 75.0 Å². The standard InChI is InChI=1S/C21H19BrFNO3/c1-3-10-24-18(13-4-7-15(23)8-5-13)17(20(26)21(24)27)19(25)14-6-9-16(22)12(2)11-14/h4-9,11,18,25H,3,10H2,1-2H3/b19-17-. The van der Waals surface area contributed by atoms with Crippen molar-refractivity contribution in [1.82, 2.24) is 4.90 Å². The molecule has 0 spiro atoms. The molecule has 6 heteroatoms. The van der Waals surface area contributed by atoms with Gasteiger partial charge in [-0.2, -0.15) is 0 Å². The summed E-state index contributed by atoms with van der Waals surface area (Å²) < 4.78 is 14.2. The van der Waals surface area contributed by atoms with Crippen LogP contribution >= 0.6 is 15.9 Å². The summed E-state index contributed by atoms with van der Waals surface area (Å²) in [5.74, 6) is -2.01. The fourth-order valence-corrected chi connectivity index (χ4v) is 3.54. The van der Waals surface area contributed by atoms with E-state index in [9.17, 15) is 19.1 Å². The van der Waals surface area contributed by atoms with Crippen LogP contribution in [0.2, 0.25) is 0 Å². The van der Waals surface area contributed by atoms with Crippen LogP contribution in [0, 0.1) is 12.7 Å². The van der Waals surface area contributed by atoms with E-state index in [0.29, 0.717) is 24.1 Å². The molecule has 0 bridgehead atoms. The Bertz CT molecular complexity index is 937. The van der Waals surface area contributed by atoms with E-state index in [1.54, 1.807) is 18.2 Å². The number of nitrogens with zero attached hydrogens (tertiary/aromatic N) is 1.